The highest BCUT2D eigenvalue weighted by Gasteiger charge is 2.26. The zero-order valence-corrected chi connectivity index (χ0v) is 19.6. The minimum atomic E-state index is -0.652. The Labute approximate surface area is 179 Å². The highest BCUT2D eigenvalue weighted by atomic mass is 16.6. The number of alkyl carbamates (subject to hydrolysis) is 1. The van der Waals surface area contributed by atoms with Gasteiger partial charge in [-0.2, -0.15) is 0 Å². The predicted octanol–water partition coefficient (Wildman–Crippen LogP) is 6.78. The van der Waals surface area contributed by atoms with Crippen molar-refractivity contribution in [3.05, 3.63) is 0 Å². The van der Waals surface area contributed by atoms with Crippen LogP contribution in [0.2, 0.25) is 0 Å². The van der Waals surface area contributed by atoms with Crippen LogP contribution >= 0.6 is 0 Å². The number of nitrogens with one attached hydrogen (secondary N) is 1. The van der Waals surface area contributed by atoms with E-state index in [1.165, 1.54) is 70.6 Å². The highest BCUT2D eigenvalue weighted by Crippen LogP contribution is 2.12. The van der Waals surface area contributed by atoms with Crippen LogP contribution in [0.5, 0.6) is 0 Å². The Balaban J connectivity index is 3.62. The predicted molar refractivity (Wildman–Crippen MR) is 120 cm³/mol. The maximum absolute atomic E-state index is 12.2. The second-order valence-corrected chi connectivity index (χ2v) is 8.41. The van der Waals surface area contributed by atoms with Crippen LogP contribution in [-0.2, 0) is 14.3 Å². The van der Waals surface area contributed by atoms with E-state index in [9.17, 15) is 9.59 Å². The van der Waals surface area contributed by atoms with Gasteiger partial charge in [0.05, 0.1) is 13.2 Å². The number of rotatable bonds is 19. The average Bonchev–Trinajstić information content (AvgIpc) is 2.70. The molecule has 0 heterocycles. The molecule has 1 amide bonds. The molecule has 0 aromatic heterocycles. The lowest BCUT2D eigenvalue weighted by atomic mass is 10.0. The number of hydrogen-bond donors (Lipinski definition) is 1. The van der Waals surface area contributed by atoms with Crippen molar-refractivity contribution in [1.82, 2.24) is 5.32 Å². The Morgan fingerprint density at radius 2 is 1.14 bits per heavy atom. The van der Waals surface area contributed by atoms with Gasteiger partial charge < -0.3 is 14.8 Å². The summed E-state index contributed by atoms with van der Waals surface area (Å²) in [6, 6.07) is -0.652. The molecule has 0 aliphatic heterocycles. The summed E-state index contributed by atoms with van der Waals surface area (Å²) in [4.78, 5) is 23.9. The lowest BCUT2D eigenvalue weighted by Crippen LogP contribution is -2.45. The molecule has 0 saturated heterocycles. The molecule has 0 radical (unpaired) electrons. The van der Waals surface area contributed by atoms with Crippen LogP contribution in [0.25, 0.3) is 0 Å². The zero-order valence-electron chi connectivity index (χ0n) is 19.6. The van der Waals surface area contributed by atoms with Crippen LogP contribution < -0.4 is 5.32 Å². The van der Waals surface area contributed by atoms with Crippen LogP contribution in [0.4, 0.5) is 4.79 Å². The normalized spacial score (nSPS) is 12.0. The number of ether oxygens (including phenoxy) is 2. The van der Waals surface area contributed by atoms with Crippen molar-refractivity contribution in [2.75, 3.05) is 13.2 Å². The van der Waals surface area contributed by atoms with Crippen molar-refractivity contribution in [3.63, 3.8) is 0 Å². The van der Waals surface area contributed by atoms with Gasteiger partial charge in [-0.25, -0.2) is 9.59 Å². The maximum Gasteiger partial charge on any atom is 0.407 e. The van der Waals surface area contributed by atoms with Crippen molar-refractivity contribution < 1.29 is 19.1 Å². The molecule has 0 spiro atoms. The SMILES string of the molecule is CCCCCCCCCCCCCCCOC(=O)[C@@H](NC(=O)OCCC)C(C)C. The van der Waals surface area contributed by atoms with Crippen molar-refractivity contribution in [3.8, 4) is 0 Å². The number of carbonyl (C=O) groups excluding carboxylic acids is 2. The van der Waals surface area contributed by atoms with Crippen LogP contribution in [-0.4, -0.2) is 31.3 Å². The van der Waals surface area contributed by atoms with Gasteiger partial charge in [0.15, 0.2) is 0 Å². The molecule has 0 fully saturated rings. The van der Waals surface area contributed by atoms with E-state index in [1.54, 1.807) is 0 Å². The summed E-state index contributed by atoms with van der Waals surface area (Å²) in [5, 5.41) is 2.61. The van der Waals surface area contributed by atoms with Gasteiger partial charge in [-0.15, -0.1) is 0 Å². The zero-order chi connectivity index (χ0) is 21.7. The first-order chi connectivity index (χ1) is 14.0. The summed E-state index contributed by atoms with van der Waals surface area (Å²) in [5.41, 5.74) is 0. The fourth-order valence-electron chi connectivity index (χ4n) is 3.24. The van der Waals surface area contributed by atoms with Gasteiger partial charge in [0, 0.05) is 0 Å². The Kier molecular flexibility index (Phi) is 19.2. The monoisotopic (exact) mass is 413 g/mol. The molecule has 1 atom stereocenters. The molecule has 0 saturated carbocycles. The number of unbranched alkanes of at least 4 members (excludes halogenated alkanes) is 12. The Morgan fingerprint density at radius 3 is 1.59 bits per heavy atom. The first-order valence-electron chi connectivity index (χ1n) is 12.1. The molecular formula is C24H47NO4. The second-order valence-electron chi connectivity index (χ2n) is 8.41. The van der Waals surface area contributed by atoms with Gasteiger partial charge in [-0.3, -0.25) is 0 Å². The molecule has 29 heavy (non-hydrogen) atoms. The van der Waals surface area contributed by atoms with E-state index in [0.29, 0.717) is 13.2 Å². The fourth-order valence-corrected chi connectivity index (χ4v) is 3.24. The third-order valence-electron chi connectivity index (χ3n) is 5.12. The summed E-state index contributed by atoms with van der Waals surface area (Å²) >= 11 is 0. The Morgan fingerprint density at radius 1 is 0.655 bits per heavy atom. The third kappa shape index (κ3) is 17.3. The van der Waals surface area contributed by atoms with Crippen LogP contribution in [0.1, 0.15) is 118 Å². The lowest BCUT2D eigenvalue weighted by Gasteiger charge is -2.20. The third-order valence-corrected chi connectivity index (χ3v) is 5.12. The molecule has 0 rings (SSSR count). The molecule has 0 aromatic rings. The van der Waals surface area contributed by atoms with Crippen LogP contribution in [0, 0.1) is 5.92 Å². The van der Waals surface area contributed by atoms with E-state index in [-0.39, 0.29) is 11.9 Å². The van der Waals surface area contributed by atoms with Crippen LogP contribution in [0.15, 0.2) is 0 Å². The van der Waals surface area contributed by atoms with Crippen molar-refractivity contribution in [1.29, 1.82) is 0 Å². The first-order valence-corrected chi connectivity index (χ1v) is 12.1. The lowest BCUT2D eigenvalue weighted by molar-refractivity contribution is -0.147. The molecule has 0 bridgehead atoms. The van der Waals surface area contributed by atoms with Crippen molar-refractivity contribution in [2.24, 2.45) is 5.92 Å². The molecule has 172 valence electrons. The summed E-state index contributed by atoms with van der Waals surface area (Å²) in [5.74, 6) is -0.407. The summed E-state index contributed by atoms with van der Waals surface area (Å²) in [7, 11) is 0. The number of esters is 1. The van der Waals surface area contributed by atoms with Gasteiger partial charge in [0.1, 0.15) is 6.04 Å². The fraction of sp³-hybridized carbons (Fsp3) is 0.917. The van der Waals surface area contributed by atoms with E-state index < -0.39 is 12.1 Å². The van der Waals surface area contributed by atoms with Crippen molar-refractivity contribution in [2.45, 2.75) is 124 Å². The van der Waals surface area contributed by atoms with Gasteiger partial charge >= 0.3 is 12.1 Å². The van der Waals surface area contributed by atoms with Gasteiger partial charge in [-0.1, -0.05) is 105 Å². The van der Waals surface area contributed by atoms with E-state index >= 15 is 0 Å². The Hall–Kier alpha value is -1.26. The van der Waals surface area contributed by atoms with Crippen molar-refractivity contribution >= 4 is 12.1 Å². The first kappa shape index (κ1) is 27.7. The largest absolute Gasteiger partial charge is 0.464 e. The van der Waals surface area contributed by atoms with E-state index in [1.807, 2.05) is 20.8 Å². The maximum atomic E-state index is 12.2. The highest BCUT2D eigenvalue weighted by molar-refractivity contribution is 5.81. The topological polar surface area (TPSA) is 64.6 Å². The molecule has 0 aliphatic carbocycles. The van der Waals surface area contributed by atoms with E-state index in [2.05, 4.69) is 12.2 Å². The van der Waals surface area contributed by atoms with Crippen LogP contribution in [0.3, 0.4) is 0 Å². The number of amides is 1. The summed E-state index contributed by atoms with van der Waals surface area (Å²) in [6.45, 7) is 8.73. The van der Waals surface area contributed by atoms with Gasteiger partial charge in [-0.05, 0) is 18.8 Å². The van der Waals surface area contributed by atoms with E-state index in [4.69, 9.17) is 9.47 Å². The summed E-state index contributed by atoms with van der Waals surface area (Å²) in [6.07, 6.45) is 17.0. The summed E-state index contributed by atoms with van der Waals surface area (Å²) < 4.78 is 10.4. The average molecular weight is 414 g/mol. The number of carbonyl (C=O) groups is 2. The number of hydrogen-bond acceptors (Lipinski definition) is 4. The second kappa shape index (κ2) is 20.0. The molecular weight excluding hydrogens is 366 g/mol. The van der Waals surface area contributed by atoms with Gasteiger partial charge in [0.25, 0.3) is 0 Å². The van der Waals surface area contributed by atoms with Gasteiger partial charge in [0.2, 0.25) is 0 Å². The molecule has 0 aromatic carbocycles. The molecule has 5 heteroatoms. The molecule has 0 unspecified atom stereocenters. The molecule has 1 N–H and O–H groups in total. The minimum absolute atomic E-state index is 0.0386. The Bertz CT molecular complexity index is 398. The molecule has 5 nitrogen and oxygen atoms in total. The molecule has 0 aliphatic rings. The standard InChI is InChI=1S/C24H47NO4/c1-5-7-8-9-10-11-12-13-14-15-16-17-18-20-28-23(26)22(21(3)4)25-24(27)29-19-6-2/h21-22H,5-20H2,1-4H3,(H,25,27)/t22-/m0/s1. The minimum Gasteiger partial charge on any atom is -0.464 e. The quantitative estimate of drug-likeness (QED) is 0.187. The van der Waals surface area contributed by atoms with E-state index in [0.717, 1.165) is 19.3 Å². The smallest absolute Gasteiger partial charge is 0.407 e.